The number of hydrogen-bond donors (Lipinski definition) is 1. The molecule has 1 N–H and O–H groups in total. The molecule has 0 unspecified atom stereocenters. The predicted molar refractivity (Wildman–Crippen MR) is 66.6 cm³/mol. The molecular formula is C13H15F3N2O2. The second kappa shape index (κ2) is 6.93. The Hall–Kier alpha value is -2.05. The van der Waals surface area contributed by atoms with Gasteiger partial charge in [-0.2, -0.15) is 13.2 Å². The van der Waals surface area contributed by atoms with Crippen molar-refractivity contribution in [2.24, 2.45) is 0 Å². The quantitative estimate of drug-likeness (QED) is 0.645. The first-order chi connectivity index (χ1) is 9.31. The third-order valence-corrected chi connectivity index (χ3v) is 2.30. The standard InChI is InChI=1S/C13H15F3N2O2/c1-3-20-12(19)9(2)17-8-11-5-4-10(7-18-11)6-13(14,15)16/h4-5,7,17H,2-3,6,8H2,1H3. The van der Waals surface area contributed by atoms with Gasteiger partial charge in [-0.25, -0.2) is 4.79 Å². The largest absolute Gasteiger partial charge is 0.461 e. The fraction of sp³-hybridized carbons (Fsp3) is 0.385. The highest BCUT2D eigenvalue weighted by Gasteiger charge is 2.27. The number of nitrogens with zero attached hydrogens (tertiary/aromatic N) is 1. The molecule has 1 heterocycles. The van der Waals surface area contributed by atoms with Crippen molar-refractivity contribution in [1.82, 2.24) is 10.3 Å². The van der Waals surface area contributed by atoms with E-state index in [1.165, 1.54) is 12.1 Å². The smallest absolute Gasteiger partial charge is 0.393 e. The van der Waals surface area contributed by atoms with E-state index in [9.17, 15) is 18.0 Å². The highest BCUT2D eigenvalue weighted by molar-refractivity contribution is 5.86. The molecule has 110 valence electrons. The van der Waals surface area contributed by atoms with Crippen molar-refractivity contribution in [1.29, 1.82) is 0 Å². The summed E-state index contributed by atoms with van der Waals surface area (Å²) in [6.07, 6.45) is -4.10. The molecule has 0 spiro atoms. The van der Waals surface area contributed by atoms with E-state index in [1.807, 2.05) is 0 Å². The normalized spacial score (nSPS) is 11.0. The number of aromatic nitrogens is 1. The van der Waals surface area contributed by atoms with Crippen LogP contribution in [0.15, 0.2) is 30.6 Å². The minimum absolute atomic E-state index is 0.0769. The second-order valence-electron chi connectivity index (χ2n) is 4.00. The lowest BCUT2D eigenvalue weighted by molar-refractivity contribution is -0.139. The average molecular weight is 288 g/mol. The van der Waals surface area contributed by atoms with E-state index in [0.717, 1.165) is 6.20 Å². The molecule has 20 heavy (non-hydrogen) atoms. The maximum atomic E-state index is 12.2. The van der Waals surface area contributed by atoms with Gasteiger partial charge in [0.15, 0.2) is 0 Å². The van der Waals surface area contributed by atoms with Crippen LogP contribution in [0.4, 0.5) is 13.2 Å². The van der Waals surface area contributed by atoms with Gasteiger partial charge in [-0.15, -0.1) is 0 Å². The zero-order chi connectivity index (χ0) is 15.2. The van der Waals surface area contributed by atoms with Crippen LogP contribution in [0.5, 0.6) is 0 Å². The Bertz CT molecular complexity index is 469. The summed E-state index contributed by atoms with van der Waals surface area (Å²) < 4.78 is 41.2. The molecule has 0 aliphatic heterocycles. The van der Waals surface area contributed by atoms with Crippen LogP contribution in [0.3, 0.4) is 0 Å². The summed E-state index contributed by atoms with van der Waals surface area (Å²) in [5, 5.41) is 2.70. The first kappa shape index (κ1) is 16.0. The number of nitrogens with one attached hydrogen (secondary N) is 1. The maximum absolute atomic E-state index is 12.2. The number of carbonyl (C=O) groups is 1. The van der Waals surface area contributed by atoms with Crippen LogP contribution in [0.2, 0.25) is 0 Å². The van der Waals surface area contributed by atoms with Gasteiger partial charge in [-0.05, 0) is 18.6 Å². The number of rotatable bonds is 6. The van der Waals surface area contributed by atoms with Crippen molar-refractivity contribution in [2.45, 2.75) is 26.1 Å². The lowest BCUT2D eigenvalue weighted by Crippen LogP contribution is -2.21. The highest BCUT2D eigenvalue weighted by Crippen LogP contribution is 2.20. The average Bonchev–Trinajstić information content (AvgIpc) is 2.36. The van der Waals surface area contributed by atoms with Crippen LogP contribution in [0, 0.1) is 0 Å². The number of hydrogen-bond acceptors (Lipinski definition) is 4. The van der Waals surface area contributed by atoms with E-state index >= 15 is 0 Å². The fourth-order valence-electron chi connectivity index (χ4n) is 1.38. The van der Waals surface area contributed by atoms with Crippen LogP contribution in [-0.4, -0.2) is 23.7 Å². The Labute approximate surface area is 114 Å². The zero-order valence-electron chi connectivity index (χ0n) is 11.0. The highest BCUT2D eigenvalue weighted by atomic mass is 19.4. The minimum atomic E-state index is -4.25. The summed E-state index contributed by atoms with van der Waals surface area (Å²) in [4.78, 5) is 15.1. The van der Waals surface area contributed by atoms with Crippen LogP contribution in [-0.2, 0) is 22.5 Å². The van der Waals surface area contributed by atoms with E-state index in [0.29, 0.717) is 5.69 Å². The van der Waals surface area contributed by atoms with Crippen molar-refractivity contribution in [3.05, 3.63) is 41.9 Å². The molecule has 0 saturated carbocycles. The topological polar surface area (TPSA) is 51.2 Å². The van der Waals surface area contributed by atoms with Gasteiger partial charge >= 0.3 is 12.1 Å². The molecule has 7 heteroatoms. The predicted octanol–water partition coefficient (Wildman–Crippen LogP) is 2.35. The molecular weight excluding hydrogens is 273 g/mol. The Balaban J connectivity index is 2.50. The van der Waals surface area contributed by atoms with Crippen molar-refractivity contribution >= 4 is 5.97 Å². The maximum Gasteiger partial charge on any atom is 0.393 e. The number of esters is 1. The monoisotopic (exact) mass is 288 g/mol. The molecule has 0 aromatic carbocycles. The molecule has 0 radical (unpaired) electrons. The van der Waals surface area contributed by atoms with Gasteiger partial charge in [0, 0.05) is 6.20 Å². The Kier molecular flexibility index (Phi) is 5.54. The molecule has 0 atom stereocenters. The van der Waals surface area contributed by atoms with E-state index in [1.54, 1.807) is 6.92 Å². The molecule has 0 amide bonds. The molecule has 1 aromatic heterocycles. The number of pyridine rings is 1. The summed E-state index contributed by atoms with van der Waals surface area (Å²) >= 11 is 0. The first-order valence-electron chi connectivity index (χ1n) is 5.92. The molecule has 1 rings (SSSR count). The van der Waals surface area contributed by atoms with Crippen molar-refractivity contribution in [3.8, 4) is 0 Å². The number of halogens is 3. The lowest BCUT2D eigenvalue weighted by Gasteiger charge is -2.09. The third-order valence-electron chi connectivity index (χ3n) is 2.30. The fourth-order valence-corrected chi connectivity index (χ4v) is 1.38. The molecule has 1 aromatic rings. The Morgan fingerprint density at radius 1 is 1.45 bits per heavy atom. The van der Waals surface area contributed by atoms with Crippen LogP contribution in [0.25, 0.3) is 0 Å². The van der Waals surface area contributed by atoms with Crippen LogP contribution < -0.4 is 5.32 Å². The number of carbonyl (C=O) groups excluding carboxylic acids is 1. The number of ether oxygens (including phenoxy) is 1. The van der Waals surface area contributed by atoms with Crippen molar-refractivity contribution < 1.29 is 22.7 Å². The van der Waals surface area contributed by atoms with Gasteiger partial charge < -0.3 is 10.1 Å². The Morgan fingerprint density at radius 2 is 2.15 bits per heavy atom. The molecule has 0 aliphatic rings. The molecule has 0 saturated heterocycles. The van der Waals surface area contributed by atoms with Gasteiger partial charge in [-0.1, -0.05) is 12.6 Å². The van der Waals surface area contributed by atoms with E-state index in [4.69, 9.17) is 4.74 Å². The number of alkyl halides is 3. The van der Waals surface area contributed by atoms with Gasteiger partial charge in [-0.3, -0.25) is 4.98 Å². The SMILES string of the molecule is C=C(NCc1ccc(CC(F)(F)F)cn1)C(=O)OCC. The molecule has 0 aliphatic carbocycles. The van der Waals surface area contributed by atoms with Crippen molar-refractivity contribution in [2.75, 3.05) is 6.61 Å². The Morgan fingerprint density at radius 3 is 2.65 bits per heavy atom. The van der Waals surface area contributed by atoms with Gasteiger partial charge in [0.2, 0.25) is 0 Å². The van der Waals surface area contributed by atoms with Crippen molar-refractivity contribution in [3.63, 3.8) is 0 Å². The molecule has 0 bridgehead atoms. The van der Waals surface area contributed by atoms with E-state index < -0.39 is 18.6 Å². The van der Waals surface area contributed by atoms with Gasteiger partial charge in [0.1, 0.15) is 5.70 Å². The summed E-state index contributed by atoms with van der Waals surface area (Å²) in [7, 11) is 0. The van der Waals surface area contributed by atoms with Crippen LogP contribution >= 0.6 is 0 Å². The summed E-state index contributed by atoms with van der Waals surface area (Å²) in [6.45, 7) is 5.59. The minimum Gasteiger partial charge on any atom is -0.461 e. The lowest BCUT2D eigenvalue weighted by atomic mass is 10.2. The third kappa shape index (κ3) is 5.73. The zero-order valence-corrected chi connectivity index (χ0v) is 11.0. The molecule has 0 fully saturated rings. The second-order valence-corrected chi connectivity index (χ2v) is 4.00. The summed E-state index contributed by atoms with van der Waals surface area (Å²) in [5.41, 5.74) is 0.667. The van der Waals surface area contributed by atoms with Gasteiger partial charge in [0.05, 0.1) is 25.3 Å². The van der Waals surface area contributed by atoms with Crippen LogP contribution in [0.1, 0.15) is 18.2 Å². The first-order valence-corrected chi connectivity index (χ1v) is 5.92. The summed E-state index contributed by atoms with van der Waals surface area (Å²) in [5.74, 6) is -0.568. The van der Waals surface area contributed by atoms with E-state index in [2.05, 4.69) is 16.9 Å². The summed E-state index contributed by atoms with van der Waals surface area (Å²) in [6, 6.07) is 2.82. The molecule has 4 nitrogen and oxygen atoms in total. The van der Waals surface area contributed by atoms with Gasteiger partial charge in [0.25, 0.3) is 0 Å². The van der Waals surface area contributed by atoms with E-state index in [-0.39, 0.29) is 24.4 Å².